The van der Waals surface area contributed by atoms with Gasteiger partial charge in [-0.3, -0.25) is 4.79 Å². The largest absolute Gasteiger partial charge is 0.457 e. The third kappa shape index (κ3) is 32.9. The maximum absolute atomic E-state index is 12.1. The van der Waals surface area contributed by atoms with Crippen molar-refractivity contribution in [3.63, 3.8) is 0 Å². The van der Waals surface area contributed by atoms with Crippen molar-refractivity contribution < 1.29 is 19.4 Å². The van der Waals surface area contributed by atoms with Crippen molar-refractivity contribution in [3.05, 3.63) is 48.6 Å². The summed E-state index contributed by atoms with van der Waals surface area (Å²) in [6.07, 6.45) is 44.3. The molecule has 0 heterocycles. The predicted octanol–water partition coefficient (Wildman–Crippen LogP) is 11.1. The van der Waals surface area contributed by atoms with Gasteiger partial charge in [0, 0.05) is 13.0 Å². The van der Waals surface area contributed by atoms with Crippen LogP contribution in [0.2, 0.25) is 0 Å². The Labute approximate surface area is 261 Å². The number of carbonyl (C=O) groups excluding carboxylic acids is 1. The summed E-state index contributed by atoms with van der Waals surface area (Å²) < 4.78 is 11.1. The van der Waals surface area contributed by atoms with E-state index in [9.17, 15) is 9.90 Å². The summed E-state index contributed by atoms with van der Waals surface area (Å²) in [5.74, 6) is -0.222. The molecule has 1 N–H and O–H groups in total. The molecule has 0 rings (SSSR count). The monoisotopic (exact) mass is 589 g/mol. The van der Waals surface area contributed by atoms with Crippen LogP contribution in [0.3, 0.4) is 0 Å². The van der Waals surface area contributed by atoms with Gasteiger partial charge in [-0.05, 0) is 70.6 Å². The fourth-order valence-corrected chi connectivity index (χ4v) is 4.75. The van der Waals surface area contributed by atoms with Gasteiger partial charge in [-0.1, -0.05) is 133 Å². The quantitative estimate of drug-likeness (QED) is 0.0482. The topological polar surface area (TPSA) is 55.8 Å². The molecule has 1 unspecified atom stereocenters. The molecule has 0 aliphatic heterocycles. The van der Waals surface area contributed by atoms with Gasteiger partial charge in [0.15, 0.2) is 0 Å². The summed E-state index contributed by atoms with van der Waals surface area (Å²) in [7, 11) is 0. The zero-order valence-electron chi connectivity index (χ0n) is 27.8. The van der Waals surface area contributed by atoms with Gasteiger partial charge in [0.25, 0.3) is 0 Å². The maximum atomic E-state index is 12.1. The van der Waals surface area contributed by atoms with Crippen LogP contribution in [0, 0.1) is 0 Å². The van der Waals surface area contributed by atoms with E-state index in [1.54, 1.807) is 0 Å². The van der Waals surface area contributed by atoms with Crippen LogP contribution >= 0.6 is 0 Å². The SMILES string of the molecule is CC/C=C\C/C=C\C/C=C\CCCCCCCC(=O)OC(CO)COCCCCCCCC/C=C\CCCCCCC. The second kappa shape index (κ2) is 35.5. The van der Waals surface area contributed by atoms with Crippen molar-refractivity contribution in [2.75, 3.05) is 19.8 Å². The van der Waals surface area contributed by atoms with Crippen molar-refractivity contribution in [1.29, 1.82) is 0 Å². The minimum absolute atomic E-state index is 0.182. The summed E-state index contributed by atoms with van der Waals surface area (Å²) in [6.45, 7) is 5.19. The molecule has 244 valence electrons. The molecule has 0 aromatic rings. The van der Waals surface area contributed by atoms with Crippen molar-refractivity contribution in [1.82, 2.24) is 0 Å². The third-order valence-electron chi connectivity index (χ3n) is 7.39. The number of aliphatic hydroxyl groups is 1. The van der Waals surface area contributed by atoms with Gasteiger partial charge < -0.3 is 14.6 Å². The average Bonchev–Trinajstić information content (AvgIpc) is 3.00. The van der Waals surface area contributed by atoms with Crippen molar-refractivity contribution >= 4 is 5.97 Å². The predicted molar refractivity (Wildman–Crippen MR) is 182 cm³/mol. The molecule has 0 aromatic carbocycles. The molecule has 0 bridgehead atoms. The summed E-state index contributed by atoms with van der Waals surface area (Å²) in [4.78, 5) is 12.1. The summed E-state index contributed by atoms with van der Waals surface area (Å²) >= 11 is 0. The highest BCUT2D eigenvalue weighted by molar-refractivity contribution is 5.69. The molecular weight excluding hydrogens is 520 g/mol. The molecule has 0 aliphatic rings. The van der Waals surface area contributed by atoms with E-state index in [-0.39, 0.29) is 19.2 Å². The Morgan fingerprint density at radius 3 is 1.64 bits per heavy atom. The number of unbranched alkanes of at least 4 members (excludes halogenated alkanes) is 16. The Kier molecular flexibility index (Phi) is 34.1. The highest BCUT2D eigenvalue weighted by atomic mass is 16.6. The van der Waals surface area contributed by atoms with Crippen LogP contribution in [0.5, 0.6) is 0 Å². The first-order chi connectivity index (χ1) is 20.7. The summed E-state index contributed by atoms with van der Waals surface area (Å²) in [6, 6.07) is 0. The number of aliphatic hydroxyl groups excluding tert-OH is 1. The number of esters is 1. The lowest BCUT2D eigenvalue weighted by Gasteiger charge is -2.15. The zero-order valence-corrected chi connectivity index (χ0v) is 27.8. The number of carbonyl (C=O) groups is 1. The Balaban J connectivity index is 3.50. The number of hydrogen-bond acceptors (Lipinski definition) is 4. The summed E-state index contributed by atoms with van der Waals surface area (Å²) in [5.41, 5.74) is 0. The minimum Gasteiger partial charge on any atom is -0.457 e. The maximum Gasteiger partial charge on any atom is 0.306 e. The molecule has 0 spiro atoms. The van der Waals surface area contributed by atoms with E-state index >= 15 is 0 Å². The van der Waals surface area contributed by atoms with E-state index in [4.69, 9.17) is 9.47 Å². The van der Waals surface area contributed by atoms with Crippen molar-refractivity contribution in [3.8, 4) is 0 Å². The molecule has 0 radical (unpaired) electrons. The fraction of sp³-hybridized carbons (Fsp3) is 0.763. The molecule has 4 heteroatoms. The number of allylic oxidation sites excluding steroid dienone is 8. The molecule has 0 saturated heterocycles. The molecule has 0 saturated carbocycles. The number of rotatable bonds is 32. The second-order valence-corrected chi connectivity index (χ2v) is 11.6. The van der Waals surface area contributed by atoms with Crippen LogP contribution in [0.4, 0.5) is 0 Å². The third-order valence-corrected chi connectivity index (χ3v) is 7.39. The lowest BCUT2D eigenvalue weighted by molar-refractivity contribution is -0.154. The van der Waals surface area contributed by atoms with Crippen molar-refractivity contribution in [2.24, 2.45) is 0 Å². The van der Waals surface area contributed by atoms with E-state index in [2.05, 4.69) is 62.5 Å². The highest BCUT2D eigenvalue weighted by Gasteiger charge is 2.13. The van der Waals surface area contributed by atoms with E-state index in [1.807, 2.05) is 0 Å². The molecule has 42 heavy (non-hydrogen) atoms. The van der Waals surface area contributed by atoms with Crippen LogP contribution in [0.1, 0.15) is 162 Å². The molecule has 4 nitrogen and oxygen atoms in total. The van der Waals surface area contributed by atoms with Gasteiger partial charge in [0.05, 0.1) is 13.2 Å². The molecule has 0 amide bonds. The smallest absolute Gasteiger partial charge is 0.306 e. The van der Waals surface area contributed by atoms with E-state index in [0.29, 0.717) is 13.0 Å². The van der Waals surface area contributed by atoms with Gasteiger partial charge in [0.1, 0.15) is 6.10 Å². The second-order valence-electron chi connectivity index (χ2n) is 11.6. The Bertz CT molecular complexity index is 664. The average molecular weight is 589 g/mol. The minimum atomic E-state index is -0.545. The standard InChI is InChI=1S/C38H68O4/c1-3-5-7-9-11-13-15-17-19-21-23-25-27-29-31-33-38(40)42-37(35-39)36-41-34-32-30-28-26-24-22-20-18-16-14-12-10-8-6-4-2/h5,7,11,13,16-19,37,39H,3-4,6,8-10,12,14-15,20-36H2,1-2H3/b7-5-,13-11-,18-16-,19-17-. The van der Waals surface area contributed by atoms with E-state index in [1.165, 1.54) is 89.9 Å². The Morgan fingerprint density at radius 1 is 0.595 bits per heavy atom. The highest BCUT2D eigenvalue weighted by Crippen LogP contribution is 2.11. The van der Waals surface area contributed by atoms with Gasteiger partial charge in [0.2, 0.25) is 0 Å². The zero-order chi connectivity index (χ0) is 30.6. The number of hydrogen-bond donors (Lipinski definition) is 1. The van der Waals surface area contributed by atoms with Crippen molar-refractivity contribution in [2.45, 2.75) is 168 Å². The molecular formula is C38H68O4. The fourth-order valence-electron chi connectivity index (χ4n) is 4.75. The Morgan fingerprint density at radius 2 is 1.07 bits per heavy atom. The van der Waals surface area contributed by atoms with Gasteiger partial charge in [-0.15, -0.1) is 0 Å². The molecule has 0 aromatic heterocycles. The lowest BCUT2D eigenvalue weighted by atomic mass is 10.1. The molecule has 0 fully saturated rings. The summed E-state index contributed by atoms with van der Waals surface area (Å²) in [5, 5.41) is 9.54. The molecule has 0 aliphatic carbocycles. The van der Waals surface area contributed by atoms with Gasteiger partial charge >= 0.3 is 5.97 Å². The van der Waals surface area contributed by atoms with Gasteiger partial charge in [-0.25, -0.2) is 0 Å². The lowest BCUT2D eigenvalue weighted by Crippen LogP contribution is -2.27. The normalized spacial score (nSPS) is 12.9. The van der Waals surface area contributed by atoms with Gasteiger partial charge in [-0.2, -0.15) is 0 Å². The first-order valence-electron chi connectivity index (χ1n) is 17.7. The van der Waals surface area contributed by atoms with Crippen LogP contribution in [0.15, 0.2) is 48.6 Å². The van der Waals surface area contributed by atoms with Crippen LogP contribution in [-0.2, 0) is 14.3 Å². The first-order valence-corrected chi connectivity index (χ1v) is 17.7. The Hall–Kier alpha value is -1.65. The van der Waals surface area contributed by atoms with E-state index < -0.39 is 6.10 Å². The number of ether oxygens (including phenoxy) is 2. The molecule has 1 atom stereocenters. The van der Waals surface area contributed by atoms with Crippen LogP contribution < -0.4 is 0 Å². The van der Waals surface area contributed by atoms with E-state index in [0.717, 1.165) is 51.4 Å². The first kappa shape index (κ1) is 40.4. The van der Waals surface area contributed by atoms with Crippen LogP contribution in [-0.4, -0.2) is 37.0 Å². The van der Waals surface area contributed by atoms with Crippen LogP contribution in [0.25, 0.3) is 0 Å².